The maximum atomic E-state index is 11.1. The largest absolute Gasteiger partial charge is 0.479 e. The Morgan fingerprint density at radius 2 is 2.18 bits per heavy atom. The van der Waals surface area contributed by atoms with Crippen molar-refractivity contribution in [3.8, 4) is 0 Å². The zero-order valence-electron chi connectivity index (χ0n) is 8.77. The second kappa shape index (κ2) is 6.87. The SMILES string of the molecule is O=C(O)CONC(=O)NCc1cccc(Br)c1. The molecule has 0 heterocycles. The zero-order chi connectivity index (χ0) is 12.7. The Kier molecular flexibility index (Phi) is 5.44. The van der Waals surface area contributed by atoms with E-state index in [0.29, 0.717) is 6.54 Å². The Morgan fingerprint density at radius 1 is 1.41 bits per heavy atom. The van der Waals surface area contributed by atoms with Crippen LogP contribution in [0, 0.1) is 0 Å². The first-order chi connectivity index (χ1) is 8.08. The number of urea groups is 1. The number of hydrogen-bond donors (Lipinski definition) is 3. The van der Waals surface area contributed by atoms with Gasteiger partial charge >= 0.3 is 12.0 Å². The highest BCUT2D eigenvalue weighted by molar-refractivity contribution is 9.10. The van der Waals surface area contributed by atoms with Crippen LogP contribution < -0.4 is 10.8 Å². The number of benzene rings is 1. The molecule has 0 aliphatic heterocycles. The minimum atomic E-state index is -1.16. The molecule has 3 N–H and O–H groups in total. The summed E-state index contributed by atoms with van der Waals surface area (Å²) in [7, 11) is 0. The molecule has 0 atom stereocenters. The van der Waals surface area contributed by atoms with Gasteiger partial charge in [-0.1, -0.05) is 28.1 Å². The van der Waals surface area contributed by atoms with Crippen molar-refractivity contribution in [1.82, 2.24) is 10.8 Å². The number of rotatable bonds is 5. The molecule has 0 radical (unpaired) electrons. The van der Waals surface area contributed by atoms with E-state index in [1.54, 1.807) is 0 Å². The molecule has 0 bridgehead atoms. The summed E-state index contributed by atoms with van der Waals surface area (Å²) in [6.45, 7) is -0.258. The maximum Gasteiger partial charge on any atom is 0.338 e. The first-order valence-corrected chi connectivity index (χ1v) is 5.49. The molecular formula is C10H11BrN2O4. The Morgan fingerprint density at radius 3 is 2.82 bits per heavy atom. The second-order valence-electron chi connectivity index (χ2n) is 3.10. The minimum absolute atomic E-state index is 0.321. The lowest BCUT2D eigenvalue weighted by atomic mass is 10.2. The van der Waals surface area contributed by atoms with Gasteiger partial charge in [0.2, 0.25) is 0 Å². The van der Waals surface area contributed by atoms with E-state index in [1.807, 2.05) is 29.7 Å². The molecule has 0 aliphatic carbocycles. The molecule has 2 amide bonds. The summed E-state index contributed by atoms with van der Waals surface area (Å²) in [6, 6.07) is 6.84. The summed E-state index contributed by atoms with van der Waals surface area (Å²) in [4.78, 5) is 25.6. The highest BCUT2D eigenvalue weighted by Gasteiger charge is 2.02. The molecule has 1 aromatic rings. The number of amides is 2. The lowest BCUT2D eigenvalue weighted by molar-refractivity contribution is -0.144. The molecule has 6 nitrogen and oxygen atoms in total. The van der Waals surface area contributed by atoms with Crippen molar-refractivity contribution in [1.29, 1.82) is 0 Å². The molecule has 1 aromatic carbocycles. The van der Waals surface area contributed by atoms with Gasteiger partial charge in [0.25, 0.3) is 0 Å². The minimum Gasteiger partial charge on any atom is -0.479 e. The van der Waals surface area contributed by atoms with E-state index < -0.39 is 18.6 Å². The number of carbonyl (C=O) groups is 2. The van der Waals surface area contributed by atoms with Crippen molar-refractivity contribution in [2.75, 3.05) is 6.61 Å². The molecular weight excluding hydrogens is 292 g/mol. The topological polar surface area (TPSA) is 87.7 Å². The first kappa shape index (κ1) is 13.5. The summed E-state index contributed by atoms with van der Waals surface area (Å²) in [5, 5.41) is 10.8. The fraction of sp³-hybridized carbons (Fsp3) is 0.200. The standard InChI is InChI=1S/C10H11BrN2O4/c11-8-3-1-2-7(4-8)5-12-10(16)13-17-6-9(14)15/h1-4H,5-6H2,(H,14,15)(H2,12,13,16). The summed E-state index contributed by atoms with van der Waals surface area (Å²) in [5.74, 6) is -1.16. The molecule has 92 valence electrons. The summed E-state index contributed by atoms with van der Waals surface area (Å²) in [6.07, 6.45) is 0. The van der Waals surface area contributed by atoms with Gasteiger partial charge in [-0.3, -0.25) is 4.84 Å². The van der Waals surface area contributed by atoms with Crippen LogP contribution in [-0.2, 0) is 16.2 Å². The van der Waals surface area contributed by atoms with Gasteiger partial charge in [0.15, 0.2) is 6.61 Å². The number of carboxylic acid groups (broad SMARTS) is 1. The average Bonchev–Trinajstić information content (AvgIpc) is 2.26. The van der Waals surface area contributed by atoms with Crippen LogP contribution in [0.1, 0.15) is 5.56 Å². The smallest absolute Gasteiger partial charge is 0.338 e. The predicted molar refractivity (Wildman–Crippen MR) is 63.1 cm³/mol. The van der Waals surface area contributed by atoms with Crippen molar-refractivity contribution in [2.24, 2.45) is 0 Å². The summed E-state index contributed by atoms with van der Waals surface area (Å²) < 4.78 is 0.916. The van der Waals surface area contributed by atoms with E-state index >= 15 is 0 Å². The molecule has 1 rings (SSSR count). The van der Waals surface area contributed by atoms with Crippen molar-refractivity contribution in [3.05, 3.63) is 34.3 Å². The monoisotopic (exact) mass is 302 g/mol. The van der Waals surface area contributed by atoms with Gasteiger partial charge in [0.1, 0.15) is 0 Å². The van der Waals surface area contributed by atoms with Crippen LogP contribution in [0.2, 0.25) is 0 Å². The van der Waals surface area contributed by atoms with E-state index in [-0.39, 0.29) is 0 Å². The van der Waals surface area contributed by atoms with E-state index in [0.717, 1.165) is 10.0 Å². The molecule has 0 aliphatic rings. The van der Waals surface area contributed by atoms with Crippen LogP contribution >= 0.6 is 15.9 Å². The normalized spacial score (nSPS) is 9.71. The van der Waals surface area contributed by atoms with Crippen LogP contribution in [-0.4, -0.2) is 23.7 Å². The third-order valence-electron chi connectivity index (χ3n) is 1.70. The Labute approximate surface area is 106 Å². The Balaban J connectivity index is 2.26. The quantitative estimate of drug-likeness (QED) is 0.715. The van der Waals surface area contributed by atoms with Crippen LogP contribution in [0.4, 0.5) is 4.79 Å². The van der Waals surface area contributed by atoms with Crippen molar-refractivity contribution >= 4 is 27.9 Å². The lowest BCUT2D eigenvalue weighted by Crippen LogP contribution is -2.36. The number of aliphatic carboxylic acids is 1. The number of carboxylic acids is 1. The van der Waals surface area contributed by atoms with Crippen LogP contribution in [0.15, 0.2) is 28.7 Å². The average molecular weight is 303 g/mol. The maximum absolute atomic E-state index is 11.1. The zero-order valence-corrected chi connectivity index (χ0v) is 10.4. The number of hydroxylamine groups is 1. The van der Waals surface area contributed by atoms with E-state index in [4.69, 9.17) is 5.11 Å². The Hall–Kier alpha value is -1.60. The number of halogens is 1. The van der Waals surface area contributed by atoms with Crippen molar-refractivity contribution in [2.45, 2.75) is 6.54 Å². The van der Waals surface area contributed by atoms with Gasteiger partial charge in [-0.2, -0.15) is 0 Å². The first-order valence-electron chi connectivity index (χ1n) is 4.70. The fourth-order valence-electron chi connectivity index (χ4n) is 1.03. The number of hydrogen-bond acceptors (Lipinski definition) is 3. The summed E-state index contributed by atoms with van der Waals surface area (Å²) in [5.41, 5.74) is 2.87. The van der Waals surface area contributed by atoms with Gasteiger partial charge in [0, 0.05) is 11.0 Å². The van der Waals surface area contributed by atoms with Crippen molar-refractivity contribution in [3.63, 3.8) is 0 Å². The molecule has 0 saturated heterocycles. The number of carbonyl (C=O) groups excluding carboxylic acids is 1. The molecule has 17 heavy (non-hydrogen) atoms. The van der Waals surface area contributed by atoms with E-state index in [9.17, 15) is 9.59 Å². The van der Waals surface area contributed by atoms with Crippen LogP contribution in [0.5, 0.6) is 0 Å². The second-order valence-corrected chi connectivity index (χ2v) is 4.01. The third kappa shape index (κ3) is 5.88. The van der Waals surface area contributed by atoms with Gasteiger partial charge in [-0.15, -0.1) is 0 Å². The molecule has 0 unspecified atom stereocenters. The molecule has 0 fully saturated rings. The summed E-state index contributed by atoms with van der Waals surface area (Å²) >= 11 is 3.31. The van der Waals surface area contributed by atoms with Gasteiger partial charge in [0.05, 0.1) is 0 Å². The lowest BCUT2D eigenvalue weighted by Gasteiger charge is -2.06. The third-order valence-corrected chi connectivity index (χ3v) is 2.20. The molecule has 0 saturated carbocycles. The van der Waals surface area contributed by atoms with Gasteiger partial charge in [-0.25, -0.2) is 15.1 Å². The fourth-order valence-corrected chi connectivity index (χ4v) is 1.48. The molecule has 0 aromatic heterocycles. The Bertz CT molecular complexity index is 411. The van der Waals surface area contributed by atoms with Gasteiger partial charge < -0.3 is 10.4 Å². The number of nitrogens with one attached hydrogen (secondary N) is 2. The van der Waals surface area contributed by atoms with E-state index in [1.165, 1.54) is 0 Å². The molecule has 7 heteroatoms. The van der Waals surface area contributed by atoms with E-state index in [2.05, 4.69) is 26.1 Å². The van der Waals surface area contributed by atoms with Crippen LogP contribution in [0.25, 0.3) is 0 Å². The predicted octanol–water partition coefficient (Wildman–Crippen LogP) is 1.26. The van der Waals surface area contributed by atoms with Crippen LogP contribution in [0.3, 0.4) is 0 Å². The molecule has 0 spiro atoms. The van der Waals surface area contributed by atoms with Crippen molar-refractivity contribution < 1.29 is 19.5 Å². The highest BCUT2D eigenvalue weighted by atomic mass is 79.9. The highest BCUT2D eigenvalue weighted by Crippen LogP contribution is 2.11. The van der Waals surface area contributed by atoms with Gasteiger partial charge in [-0.05, 0) is 17.7 Å².